The molecule has 2 aromatic heterocycles. The van der Waals surface area contributed by atoms with Gasteiger partial charge in [0, 0.05) is 23.4 Å². The van der Waals surface area contributed by atoms with Crippen LogP contribution < -0.4 is 21.3 Å². The van der Waals surface area contributed by atoms with Gasteiger partial charge in [0.2, 0.25) is 0 Å². The van der Waals surface area contributed by atoms with Crippen molar-refractivity contribution >= 4 is 34.0 Å². The summed E-state index contributed by atoms with van der Waals surface area (Å²) in [6, 6.07) is 18.4. The number of ether oxygens (including phenoxy) is 1. The van der Waals surface area contributed by atoms with E-state index in [1.807, 2.05) is 42.5 Å². The Labute approximate surface area is 213 Å². The van der Waals surface area contributed by atoms with Crippen LogP contribution >= 0.6 is 23.7 Å². The molecule has 0 radical (unpaired) electrons. The molecule has 2 aliphatic rings. The highest BCUT2D eigenvalue weighted by atomic mass is 35.5. The highest BCUT2D eigenvalue weighted by Crippen LogP contribution is 2.45. The number of aromatic amines is 1. The van der Waals surface area contributed by atoms with Gasteiger partial charge in [-0.05, 0) is 60.5 Å². The molecule has 6 rings (SSSR count). The SMILES string of the molecule is COc1cccc2c1CCC1CNC(CCn3c(=O)[nH]c4cc(-c5ccccc5)sc4c3=O)C21.Cl. The van der Waals surface area contributed by atoms with Crippen LogP contribution in [0.1, 0.15) is 29.9 Å². The van der Waals surface area contributed by atoms with E-state index in [1.54, 1.807) is 7.11 Å². The minimum Gasteiger partial charge on any atom is -0.496 e. The van der Waals surface area contributed by atoms with Gasteiger partial charge >= 0.3 is 5.69 Å². The number of thiophene rings is 1. The van der Waals surface area contributed by atoms with E-state index in [1.165, 1.54) is 27.0 Å². The highest BCUT2D eigenvalue weighted by molar-refractivity contribution is 7.22. The van der Waals surface area contributed by atoms with E-state index in [0.29, 0.717) is 28.6 Å². The Morgan fingerprint density at radius 2 is 1.94 bits per heavy atom. The van der Waals surface area contributed by atoms with Crippen molar-refractivity contribution in [3.63, 3.8) is 0 Å². The van der Waals surface area contributed by atoms with E-state index in [2.05, 4.69) is 22.4 Å². The molecule has 0 spiro atoms. The van der Waals surface area contributed by atoms with Gasteiger partial charge in [-0.25, -0.2) is 4.79 Å². The van der Waals surface area contributed by atoms with E-state index >= 15 is 0 Å². The lowest BCUT2D eigenvalue weighted by molar-refractivity contribution is 0.371. The summed E-state index contributed by atoms with van der Waals surface area (Å²) >= 11 is 1.44. The Morgan fingerprint density at radius 1 is 1.11 bits per heavy atom. The molecule has 2 N–H and O–H groups in total. The third kappa shape index (κ3) is 4.11. The standard InChI is InChI=1S/C27H27N3O3S.ClH/c1-33-22-9-5-8-19-18(22)11-10-17-15-28-20(24(17)19)12-13-30-26(31)25-21(29-27(30)32)14-23(34-25)16-6-3-2-4-7-16;/h2-9,14,17,20,24,28H,10-13,15H2,1H3,(H,29,32);1H. The smallest absolute Gasteiger partial charge is 0.328 e. The number of fused-ring (bicyclic) bond motifs is 4. The number of halogens is 1. The van der Waals surface area contributed by atoms with Gasteiger partial charge in [0.25, 0.3) is 5.56 Å². The van der Waals surface area contributed by atoms with Crippen LogP contribution in [0.25, 0.3) is 20.7 Å². The molecular weight excluding hydrogens is 482 g/mol. The van der Waals surface area contributed by atoms with Gasteiger partial charge in [-0.3, -0.25) is 9.36 Å². The molecule has 3 atom stereocenters. The predicted octanol–water partition coefficient (Wildman–Crippen LogP) is 4.56. The monoisotopic (exact) mass is 509 g/mol. The van der Waals surface area contributed by atoms with Crippen LogP contribution in [-0.2, 0) is 13.0 Å². The first-order chi connectivity index (χ1) is 16.6. The predicted molar refractivity (Wildman–Crippen MR) is 143 cm³/mol. The van der Waals surface area contributed by atoms with Crippen LogP contribution in [-0.4, -0.2) is 29.2 Å². The van der Waals surface area contributed by atoms with E-state index in [0.717, 1.165) is 42.0 Å². The summed E-state index contributed by atoms with van der Waals surface area (Å²) in [5.74, 6) is 1.92. The van der Waals surface area contributed by atoms with Crippen LogP contribution in [0.15, 0.2) is 64.2 Å². The maximum Gasteiger partial charge on any atom is 0.328 e. The van der Waals surface area contributed by atoms with E-state index < -0.39 is 0 Å². The molecule has 3 unspecified atom stereocenters. The quantitative estimate of drug-likeness (QED) is 0.413. The van der Waals surface area contributed by atoms with Crippen molar-refractivity contribution in [3.05, 3.63) is 86.6 Å². The maximum absolute atomic E-state index is 13.3. The summed E-state index contributed by atoms with van der Waals surface area (Å²) in [4.78, 5) is 30.0. The van der Waals surface area contributed by atoms with Gasteiger partial charge in [0.1, 0.15) is 10.4 Å². The molecule has 8 heteroatoms. The van der Waals surface area contributed by atoms with Gasteiger partial charge in [-0.15, -0.1) is 23.7 Å². The first kappa shape index (κ1) is 23.9. The molecule has 1 fully saturated rings. The first-order valence-corrected chi connectivity index (χ1v) is 12.7. The van der Waals surface area contributed by atoms with Crippen LogP contribution in [0.2, 0.25) is 0 Å². The Balaban J connectivity index is 0.00000253. The number of nitrogens with one attached hydrogen (secondary N) is 2. The molecule has 35 heavy (non-hydrogen) atoms. The summed E-state index contributed by atoms with van der Waals surface area (Å²) < 4.78 is 7.60. The van der Waals surface area contributed by atoms with Crippen molar-refractivity contribution in [3.8, 4) is 16.2 Å². The largest absolute Gasteiger partial charge is 0.496 e. The summed E-state index contributed by atoms with van der Waals surface area (Å²) in [6.45, 7) is 1.37. The van der Waals surface area contributed by atoms with Gasteiger partial charge in [0.05, 0.1) is 12.6 Å². The molecule has 182 valence electrons. The summed E-state index contributed by atoms with van der Waals surface area (Å²) in [5.41, 5.74) is 3.78. The summed E-state index contributed by atoms with van der Waals surface area (Å²) in [7, 11) is 1.73. The lowest BCUT2D eigenvalue weighted by atomic mass is 9.73. The second-order valence-electron chi connectivity index (χ2n) is 9.26. The van der Waals surface area contributed by atoms with Gasteiger partial charge in [-0.1, -0.05) is 42.5 Å². The zero-order chi connectivity index (χ0) is 23.2. The zero-order valence-corrected chi connectivity index (χ0v) is 21.1. The van der Waals surface area contributed by atoms with Crippen LogP contribution in [0.4, 0.5) is 0 Å². The first-order valence-electron chi connectivity index (χ1n) is 11.9. The Morgan fingerprint density at radius 3 is 2.74 bits per heavy atom. The van der Waals surface area contributed by atoms with Crippen molar-refractivity contribution in [1.82, 2.24) is 14.9 Å². The van der Waals surface area contributed by atoms with Crippen molar-refractivity contribution < 1.29 is 4.74 Å². The molecule has 0 bridgehead atoms. The molecule has 1 aliphatic heterocycles. The second kappa shape index (κ2) is 9.64. The molecule has 3 heterocycles. The number of rotatable bonds is 5. The van der Waals surface area contributed by atoms with E-state index in [9.17, 15) is 9.59 Å². The fourth-order valence-corrected chi connectivity index (χ4v) is 6.93. The third-order valence-electron chi connectivity index (χ3n) is 7.48. The van der Waals surface area contributed by atoms with Crippen molar-refractivity contribution in [2.24, 2.45) is 5.92 Å². The Hall–Kier alpha value is -2.87. The summed E-state index contributed by atoms with van der Waals surface area (Å²) in [6.07, 6.45) is 2.89. The van der Waals surface area contributed by atoms with Crippen molar-refractivity contribution in [2.45, 2.75) is 37.8 Å². The molecule has 2 aromatic carbocycles. The summed E-state index contributed by atoms with van der Waals surface area (Å²) in [5, 5.41) is 3.68. The number of hydrogen-bond acceptors (Lipinski definition) is 5. The number of hydrogen-bond donors (Lipinski definition) is 2. The van der Waals surface area contributed by atoms with Gasteiger partial charge in [0.15, 0.2) is 0 Å². The fourth-order valence-electron chi connectivity index (χ4n) is 5.86. The normalized spacial score (nSPS) is 20.8. The van der Waals surface area contributed by atoms with Crippen molar-refractivity contribution in [2.75, 3.05) is 13.7 Å². The molecule has 1 aliphatic carbocycles. The van der Waals surface area contributed by atoms with Crippen LogP contribution in [0.5, 0.6) is 5.75 Å². The minimum absolute atomic E-state index is 0. The van der Waals surface area contributed by atoms with Gasteiger partial charge < -0.3 is 15.0 Å². The number of nitrogens with zero attached hydrogens (tertiary/aromatic N) is 1. The molecule has 4 aromatic rings. The molecule has 0 saturated carbocycles. The zero-order valence-electron chi connectivity index (χ0n) is 19.5. The molecule has 6 nitrogen and oxygen atoms in total. The van der Waals surface area contributed by atoms with Crippen molar-refractivity contribution in [1.29, 1.82) is 0 Å². The Kier molecular flexibility index (Phi) is 6.57. The highest BCUT2D eigenvalue weighted by Gasteiger charge is 2.40. The lowest BCUT2D eigenvalue weighted by Crippen LogP contribution is -2.37. The molecule has 1 saturated heterocycles. The number of aromatic nitrogens is 2. The number of methoxy groups -OCH3 is 1. The second-order valence-corrected chi connectivity index (χ2v) is 10.3. The topological polar surface area (TPSA) is 76.1 Å². The number of H-pyrrole nitrogens is 1. The third-order valence-corrected chi connectivity index (χ3v) is 8.65. The molecule has 0 amide bonds. The van der Waals surface area contributed by atoms with E-state index in [-0.39, 0.29) is 29.7 Å². The Bertz CT molecular complexity index is 1480. The fraction of sp³-hybridized carbons (Fsp3) is 0.333. The average Bonchev–Trinajstić information content (AvgIpc) is 3.48. The lowest BCUT2D eigenvalue weighted by Gasteiger charge is -2.32. The average molecular weight is 510 g/mol. The molecular formula is C27H28ClN3O3S. The van der Waals surface area contributed by atoms with Crippen LogP contribution in [0.3, 0.4) is 0 Å². The van der Waals surface area contributed by atoms with E-state index in [4.69, 9.17) is 4.74 Å². The number of benzene rings is 2. The maximum atomic E-state index is 13.3. The minimum atomic E-state index is -0.338. The van der Waals surface area contributed by atoms with Crippen LogP contribution in [0, 0.1) is 5.92 Å². The van der Waals surface area contributed by atoms with Gasteiger partial charge in [-0.2, -0.15) is 0 Å².